The molecule has 1 aliphatic carbocycles. The van der Waals surface area contributed by atoms with Crippen LogP contribution in [0, 0.1) is 0 Å². The van der Waals surface area contributed by atoms with Crippen molar-refractivity contribution in [2.45, 2.75) is 57.5 Å². The van der Waals surface area contributed by atoms with E-state index >= 15 is 0 Å². The average Bonchev–Trinajstić information content (AvgIpc) is 3.12. The van der Waals surface area contributed by atoms with Crippen molar-refractivity contribution in [3.8, 4) is 5.75 Å². The molecule has 7 nitrogen and oxygen atoms in total. The number of rotatable bonds is 8. The molecular weight excluding hydrogens is 380 g/mol. The summed E-state index contributed by atoms with van der Waals surface area (Å²) in [6, 6.07) is 10.3. The molecule has 3 aromatic rings. The fourth-order valence-electron chi connectivity index (χ4n) is 4.18. The average molecular weight is 409 g/mol. The monoisotopic (exact) mass is 408 g/mol. The maximum absolute atomic E-state index is 11.2. The number of nitrogens with zero attached hydrogens (tertiary/aromatic N) is 3. The minimum atomic E-state index is -0.821. The Labute approximate surface area is 176 Å². The Hall–Kier alpha value is -3.09. The van der Waals surface area contributed by atoms with Crippen molar-refractivity contribution in [2.24, 2.45) is 0 Å². The minimum absolute atomic E-state index is 0.0480. The summed E-state index contributed by atoms with van der Waals surface area (Å²) in [6.45, 7) is 0.598. The topological polar surface area (TPSA) is 89.3 Å². The molecule has 0 atom stereocenters. The number of carboxylic acid groups (broad SMARTS) is 1. The Morgan fingerprint density at radius 1 is 1.20 bits per heavy atom. The SMILES string of the molecule is COc1ccc(Cn2nc(CCC(=O)O)c3c(NC4CCCCC4)nccc32)cc1. The Kier molecular flexibility index (Phi) is 6.16. The number of methoxy groups -OCH3 is 1. The van der Waals surface area contributed by atoms with E-state index in [1.54, 1.807) is 13.3 Å². The van der Waals surface area contributed by atoms with E-state index < -0.39 is 5.97 Å². The number of aromatic nitrogens is 3. The van der Waals surface area contributed by atoms with Crippen LogP contribution in [0.5, 0.6) is 5.75 Å². The molecule has 0 spiro atoms. The van der Waals surface area contributed by atoms with Crippen molar-refractivity contribution in [1.29, 1.82) is 0 Å². The summed E-state index contributed by atoms with van der Waals surface area (Å²) in [4.78, 5) is 15.8. The second kappa shape index (κ2) is 9.15. The molecule has 0 bridgehead atoms. The van der Waals surface area contributed by atoms with Crippen LogP contribution in [0.1, 0.15) is 49.8 Å². The summed E-state index contributed by atoms with van der Waals surface area (Å²) in [5, 5.41) is 18.5. The van der Waals surface area contributed by atoms with Crippen molar-refractivity contribution in [3.63, 3.8) is 0 Å². The van der Waals surface area contributed by atoms with Crippen LogP contribution >= 0.6 is 0 Å². The normalized spacial score (nSPS) is 14.7. The van der Waals surface area contributed by atoms with Crippen LogP contribution in [-0.4, -0.2) is 39.0 Å². The number of pyridine rings is 1. The zero-order valence-electron chi connectivity index (χ0n) is 17.3. The van der Waals surface area contributed by atoms with Gasteiger partial charge in [-0.15, -0.1) is 0 Å². The van der Waals surface area contributed by atoms with E-state index in [4.69, 9.17) is 9.84 Å². The van der Waals surface area contributed by atoms with Crippen LogP contribution in [0.4, 0.5) is 5.82 Å². The third-order valence-electron chi connectivity index (χ3n) is 5.75. The van der Waals surface area contributed by atoms with E-state index in [0.29, 0.717) is 19.0 Å². The summed E-state index contributed by atoms with van der Waals surface area (Å²) in [5.41, 5.74) is 2.86. The molecule has 30 heavy (non-hydrogen) atoms. The first kappa shape index (κ1) is 20.2. The Bertz CT molecular complexity index is 1010. The number of carbonyl (C=O) groups is 1. The van der Waals surface area contributed by atoms with Crippen molar-refractivity contribution in [2.75, 3.05) is 12.4 Å². The molecule has 0 unspecified atom stereocenters. The highest BCUT2D eigenvalue weighted by Gasteiger charge is 2.20. The highest BCUT2D eigenvalue weighted by Crippen LogP contribution is 2.29. The van der Waals surface area contributed by atoms with Gasteiger partial charge in [-0.05, 0) is 36.6 Å². The Balaban J connectivity index is 1.68. The van der Waals surface area contributed by atoms with Gasteiger partial charge < -0.3 is 15.2 Å². The molecular formula is C23H28N4O3. The van der Waals surface area contributed by atoms with Crippen LogP contribution in [0.15, 0.2) is 36.5 Å². The number of aliphatic carboxylic acids is 1. The number of anilines is 1. The molecule has 158 valence electrons. The highest BCUT2D eigenvalue weighted by molar-refractivity contribution is 5.92. The summed E-state index contributed by atoms with van der Waals surface area (Å²) in [6.07, 6.45) is 8.27. The lowest BCUT2D eigenvalue weighted by molar-refractivity contribution is -0.136. The van der Waals surface area contributed by atoms with Gasteiger partial charge in [0.2, 0.25) is 0 Å². The molecule has 7 heteroatoms. The summed E-state index contributed by atoms with van der Waals surface area (Å²) in [5.74, 6) is 0.814. The fraction of sp³-hybridized carbons (Fsp3) is 0.435. The molecule has 4 rings (SSSR count). The van der Waals surface area contributed by atoms with E-state index in [1.165, 1.54) is 19.3 Å². The van der Waals surface area contributed by atoms with Crippen LogP contribution in [0.3, 0.4) is 0 Å². The standard InChI is InChI=1S/C23H28N4O3/c1-30-18-9-7-16(8-10-18)15-27-20-13-14-24-23(25-17-5-3-2-4-6-17)22(20)19(26-27)11-12-21(28)29/h7-10,13-14,17H,2-6,11-12,15H2,1H3,(H,24,25)(H,28,29). The van der Waals surface area contributed by atoms with E-state index in [1.807, 2.05) is 35.0 Å². The first-order valence-electron chi connectivity index (χ1n) is 10.6. The molecule has 0 radical (unpaired) electrons. The Morgan fingerprint density at radius 2 is 1.97 bits per heavy atom. The second-order valence-corrected chi connectivity index (χ2v) is 7.88. The number of hydrogen-bond acceptors (Lipinski definition) is 5. The molecule has 0 aliphatic heterocycles. The molecule has 0 amide bonds. The molecule has 2 N–H and O–H groups in total. The van der Waals surface area contributed by atoms with Crippen molar-refractivity contribution in [3.05, 3.63) is 47.8 Å². The summed E-state index contributed by atoms with van der Waals surface area (Å²) < 4.78 is 7.19. The van der Waals surface area contributed by atoms with Gasteiger partial charge in [-0.1, -0.05) is 31.4 Å². The van der Waals surface area contributed by atoms with E-state index in [2.05, 4.69) is 10.3 Å². The van der Waals surface area contributed by atoms with Gasteiger partial charge in [0.05, 0.1) is 36.7 Å². The van der Waals surface area contributed by atoms with Crippen molar-refractivity contribution >= 4 is 22.7 Å². The maximum Gasteiger partial charge on any atom is 0.303 e. The van der Waals surface area contributed by atoms with Gasteiger partial charge in [0, 0.05) is 18.7 Å². The molecule has 1 aliphatic rings. The predicted octanol–water partition coefficient (Wildman–Crippen LogP) is 4.25. The zero-order chi connectivity index (χ0) is 20.9. The number of nitrogens with one attached hydrogen (secondary N) is 1. The first-order valence-corrected chi connectivity index (χ1v) is 10.6. The zero-order valence-corrected chi connectivity index (χ0v) is 17.3. The van der Waals surface area contributed by atoms with Gasteiger partial charge >= 0.3 is 5.97 Å². The number of aryl methyl sites for hydroxylation is 1. The number of hydrogen-bond donors (Lipinski definition) is 2. The third kappa shape index (κ3) is 4.56. The Morgan fingerprint density at radius 3 is 2.67 bits per heavy atom. The van der Waals surface area contributed by atoms with Gasteiger partial charge in [0.15, 0.2) is 0 Å². The van der Waals surface area contributed by atoms with E-state index in [0.717, 1.165) is 46.6 Å². The van der Waals surface area contributed by atoms with Gasteiger partial charge in [0.25, 0.3) is 0 Å². The minimum Gasteiger partial charge on any atom is -0.497 e. The number of benzene rings is 1. The maximum atomic E-state index is 11.2. The van der Waals surface area contributed by atoms with Gasteiger partial charge in [-0.3, -0.25) is 9.48 Å². The summed E-state index contributed by atoms with van der Waals surface area (Å²) >= 11 is 0. The molecule has 1 aromatic carbocycles. The lowest BCUT2D eigenvalue weighted by Crippen LogP contribution is -2.23. The molecule has 2 heterocycles. The number of fused-ring (bicyclic) bond motifs is 1. The lowest BCUT2D eigenvalue weighted by Gasteiger charge is -2.23. The fourth-order valence-corrected chi connectivity index (χ4v) is 4.18. The second-order valence-electron chi connectivity index (χ2n) is 7.88. The van der Waals surface area contributed by atoms with Crippen LogP contribution in [0.25, 0.3) is 10.9 Å². The van der Waals surface area contributed by atoms with Crippen LogP contribution in [-0.2, 0) is 17.8 Å². The third-order valence-corrected chi connectivity index (χ3v) is 5.75. The van der Waals surface area contributed by atoms with Gasteiger partial charge in [-0.25, -0.2) is 4.98 Å². The molecule has 1 saturated carbocycles. The van der Waals surface area contributed by atoms with Crippen LogP contribution in [0.2, 0.25) is 0 Å². The highest BCUT2D eigenvalue weighted by atomic mass is 16.5. The molecule has 1 fully saturated rings. The predicted molar refractivity (Wildman–Crippen MR) is 116 cm³/mol. The summed E-state index contributed by atoms with van der Waals surface area (Å²) in [7, 11) is 1.65. The lowest BCUT2D eigenvalue weighted by atomic mass is 9.95. The molecule has 0 saturated heterocycles. The van der Waals surface area contributed by atoms with Crippen molar-refractivity contribution in [1.82, 2.24) is 14.8 Å². The van der Waals surface area contributed by atoms with Gasteiger partial charge in [-0.2, -0.15) is 5.10 Å². The number of carboxylic acids is 1. The molecule has 2 aromatic heterocycles. The van der Waals surface area contributed by atoms with Crippen molar-refractivity contribution < 1.29 is 14.6 Å². The first-order chi connectivity index (χ1) is 14.6. The number of ether oxygens (including phenoxy) is 1. The van der Waals surface area contributed by atoms with E-state index in [-0.39, 0.29) is 6.42 Å². The quantitative estimate of drug-likeness (QED) is 0.579. The van der Waals surface area contributed by atoms with Gasteiger partial charge in [0.1, 0.15) is 11.6 Å². The van der Waals surface area contributed by atoms with Crippen LogP contribution < -0.4 is 10.1 Å². The smallest absolute Gasteiger partial charge is 0.303 e. The largest absolute Gasteiger partial charge is 0.497 e. The van der Waals surface area contributed by atoms with E-state index in [9.17, 15) is 9.90 Å².